The van der Waals surface area contributed by atoms with E-state index in [0.717, 1.165) is 34.2 Å². The molecule has 0 fully saturated rings. The lowest BCUT2D eigenvalue weighted by Gasteiger charge is -1.97. The Labute approximate surface area is 135 Å². The standard InChI is InChI=1S/C21H16O2/c1-3-7-16(8-4-1)20-13-11-18(22-20)15-19-12-14-21(23-19)17-9-5-2-6-10-17/h1-14H,15H2. The fourth-order valence-electron chi connectivity index (χ4n) is 2.63. The van der Waals surface area contributed by atoms with E-state index in [1.165, 1.54) is 0 Å². The van der Waals surface area contributed by atoms with Gasteiger partial charge in [0.2, 0.25) is 0 Å². The molecule has 2 aromatic carbocycles. The van der Waals surface area contributed by atoms with Gasteiger partial charge in [-0.25, -0.2) is 0 Å². The van der Waals surface area contributed by atoms with E-state index < -0.39 is 0 Å². The van der Waals surface area contributed by atoms with Crippen LogP contribution in [0.15, 0.2) is 93.8 Å². The zero-order valence-electron chi connectivity index (χ0n) is 12.6. The lowest BCUT2D eigenvalue weighted by molar-refractivity contribution is 0.487. The highest BCUT2D eigenvalue weighted by molar-refractivity contribution is 5.58. The van der Waals surface area contributed by atoms with Crippen LogP contribution in [0, 0.1) is 0 Å². The van der Waals surface area contributed by atoms with Gasteiger partial charge in [-0.05, 0) is 24.3 Å². The highest BCUT2D eigenvalue weighted by Gasteiger charge is 2.09. The molecule has 0 saturated heterocycles. The fourth-order valence-corrected chi connectivity index (χ4v) is 2.63. The molecule has 0 aliphatic rings. The van der Waals surface area contributed by atoms with Gasteiger partial charge in [0, 0.05) is 11.1 Å². The van der Waals surface area contributed by atoms with Crippen LogP contribution in [0.4, 0.5) is 0 Å². The van der Waals surface area contributed by atoms with Gasteiger partial charge < -0.3 is 8.83 Å². The lowest BCUT2D eigenvalue weighted by atomic mass is 10.2. The second-order valence-electron chi connectivity index (χ2n) is 5.44. The first-order valence-corrected chi connectivity index (χ1v) is 7.67. The van der Waals surface area contributed by atoms with Gasteiger partial charge in [-0.3, -0.25) is 0 Å². The molecule has 4 aromatic rings. The fraction of sp³-hybridized carbons (Fsp3) is 0.0476. The van der Waals surface area contributed by atoms with Gasteiger partial charge in [-0.15, -0.1) is 0 Å². The van der Waals surface area contributed by atoms with Gasteiger partial charge in [-0.1, -0.05) is 60.7 Å². The maximum atomic E-state index is 5.93. The minimum atomic E-state index is 0.652. The predicted molar refractivity (Wildman–Crippen MR) is 91.1 cm³/mol. The Morgan fingerprint density at radius 3 is 1.35 bits per heavy atom. The van der Waals surface area contributed by atoms with Crippen molar-refractivity contribution in [3.8, 4) is 22.6 Å². The van der Waals surface area contributed by atoms with Gasteiger partial charge in [0.15, 0.2) is 0 Å². The summed E-state index contributed by atoms with van der Waals surface area (Å²) in [6, 6.07) is 28.2. The third-order valence-corrected chi connectivity index (χ3v) is 3.79. The first-order chi connectivity index (χ1) is 11.4. The van der Waals surface area contributed by atoms with Gasteiger partial charge >= 0.3 is 0 Å². The normalized spacial score (nSPS) is 10.8. The van der Waals surface area contributed by atoms with Crippen LogP contribution in [0.25, 0.3) is 22.6 Å². The van der Waals surface area contributed by atoms with E-state index in [9.17, 15) is 0 Å². The summed E-state index contributed by atoms with van der Waals surface area (Å²) in [4.78, 5) is 0. The van der Waals surface area contributed by atoms with Crippen LogP contribution in [-0.4, -0.2) is 0 Å². The molecule has 0 aliphatic carbocycles. The summed E-state index contributed by atoms with van der Waals surface area (Å²) in [7, 11) is 0. The number of hydrogen-bond donors (Lipinski definition) is 0. The molecule has 112 valence electrons. The second-order valence-corrected chi connectivity index (χ2v) is 5.44. The average Bonchev–Trinajstić information content (AvgIpc) is 3.27. The van der Waals surface area contributed by atoms with Crippen molar-refractivity contribution < 1.29 is 8.83 Å². The van der Waals surface area contributed by atoms with Gasteiger partial charge in [0.1, 0.15) is 23.0 Å². The molecule has 4 rings (SSSR count). The molecule has 23 heavy (non-hydrogen) atoms. The van der Waals surface area contributed by atoms with E-state index in [-0.39, 0.29) is 0 Å². The Hall–Kier alpha value is -3.00. The molecule has 2 heterocycles. The third-order valence-electron chi connectivity index (χ3n) is 3.79. The summed E-state index contributed by atoms with van der Waals surface area (Å²) >= 11 is 0. The maximum Gasteiger partial charge on any atom is 0.134 e. The average molecular weight is 300 g/mol. The van der Waals surface area contributed by atoms with Crippen LogP contribution in [-0.2, 0) is 6.42 Å². The Morgan fingerprint density at radius 1 is 0.478 bits per heavy atom. The van der Waals surface area contributed by atoms with Crippen molar-refractivity contribution in [2.45, 2.75) is 6.42 Å². The summed E-state index contributed by atoms with van der Waals surface area (Å²) < 4.78 is 11.9. The molecular formula is C21H16O2. The molecule has 0 saturated carbocycles. The Morgan fingerprint density at radius 2 is 0.913 bits per heavy atom. The molecule has 0 atom stereocenters. The van der Waals surface area contributed by atoms with Crippen molar-refractivity contribution in [2.75, 3.05) is 0 Å². The number of furan rings is 2. The third kappa shape index (κ3) is 2.97. The summed E-state index contributed by atoms with van der Waals surface area (Å²) in [6.07, 6.45) is 0.652. The van der Waals surface area contributed by atoms with Crippen molar-refractivity contribution in [2.24, 2.45) is 0 Å². The van der Waals surface area contributed by atoms with Crippen LogP contribution in [0.5, 0.6) is 0 Å². The van der Waals surface area contributed by atoms with Crippen LogP contribution in [0.2, 0.25) is 0 Å². The van der Waals surface area contributed by atoms with E-state index in [1.807, 2.05) is 84.9 Å². The zero-order valence-corrected chi connectivity index (χ0v) is 12.6. The van der Waals surface area contributed by atoms with Crippen molar-refractivity contribution in [3.63, 3.8) is 0 Å². The quantitative estimate of drug-likeness (QED) is 0.476. The van der Waals surface area contributed by atoms with E-state index in [2.05, 4.69) is 0 Å². The molecule has 2 nitrogen and oxygen atoms in total. The molecule has 0 spiro atoms. The molecule has 0 amide bonds. The first-order valence-electron chi connectivity index (χ1n) is 7.67. The molecule has 0 N–H and O–H groups in total. The summed E-state index contributed by atoms with van der Waals surface area (Å²) in [5, 5.41) is 0. The monoisotopic (exact) mass is 300 g/mol. The molecule has 0 aliphatic heterocycles. The topological polar surface area (TPSA) is 26.3 Å². The van der Waals surface area contributed by atoms with Gasteiger partial charge in [0.25, 0.3) is 0 Å². The minimum Gasteiger partial charge on any atom is -0.461 e. The zero-order chi connectivity index (χ0) is 15.5. The largest absolute Gasteiger partial charge is 0.461 e. The van der Waals surface area contributed by atoms with Gasteiger partial charge in [0.05, 0.1) is 6.42 Å². The minimum absolute atomic E-state index is 0.652. The second kappa shape index (κ2) is 6.01. The number of benzene rings is 2. The number of hydrogen-bond acceptors (Lipinski definition) is 2. The molecule has 0 unspecified atom stereocenters. The highest BCUT2D eigenvalue weighted by atomic mass is 16.4. The molecule has 2 heteroatoms. The van der Waals surface area contributed by atoms with E-state index in [1.54, 1.807) is 0 Å². The first kappa shape index (κ1) is 13.6. The van der Waals surface area contributed by atoms with E-state index in [0.29, 0.717) is 6.42 Å². The van der Waals surface area contributed by atoms with Crippen LogP contribution >= 0.6 is 0 Å². The highest BCUT2D eigenvalue weighted by Crippen LogP contribution is 2.26. The van der Waals surface area contributed by atoms with Crippen LogP contribution < -0.4 is 0 Å². The van der Waals surface area contributed by atoms with Gasteiger partial charge in [-0.2, -0.15) is 0 Å². The Balaban J connectivity index is 1.53. The lowest BCUT2D eigenvalue weighted by Crippen LogP contribution is -1.81. The van der Waals surface area contributed by atoms with Crippen molar-refractivity contribution in [1.29, 1.82) is 0 Å². The summed E-state index contributed by atoms with van der Waals surface area (Å²) in [5.74, 6) is 3.57. The molecule has 0 radical (unpaired) electrons. The summed E-state index contributed by atoms with van der Waals surface area (Å²) in [5.41, 5.74) is 2.17. The van der Waals surface area contributed by atoms with E-state index in [4.69, 9.17) is 8.83 Å². The van der Waals surface area contributed by atoms with Crippen LogP contribution in [0.1, 0.15) is 11.5 Å². The van der Waals surface area contributed by atoms with E-state index >= 15 is 0 Å². The predicted octanol–water partition coefficient (Wildman–Crippen LogP) is 5.80. The van der Waals surface area contributed by atoms with Crippen LogP contribution in [0.3, 0.4) is 0 Å². The maximum absolute atomic E-state index is 5.93. The number of rotatable bonds is 4. The SMILES string of the molecule is c1ccc(-c2ccc(Cc3ccc(-c4ccccc4)o3)o2)cc1. The molecule has 0 bridgehead atoms. The molecular weight excluding hydrogens is 284 g/mol. The van der Waals surface area contributed by atoms with Crippen molar-refractivity contribution in [1.82, 2.24) is 0 Å². The molecule has 2 aromatic heterocycles. The van der Waals surface area contributed by atoms with Crippen molar-refractivity contribution >= 4 is 0 Å². The Bertz CT molecular complexity index is 810. The van der Waals surface area contributed by atoms with Crippen molar-refractivity contribution in [3.05, 3.63) is 96.4 Å². The summed E-state index contributed by atoms with van der Waals surface area (Å²) in [6.45, 7) is 0. The smallest absolute Gasteiger partial charge is 0.134 e. The Kier molecular flexibility index (Phi) is 3.57.